The quantitative estimate of drug-likeness (QED) is 0.380. The first kappa shape index (κ1) is 21.4. The lowest BCUT2D eigenvalue weighted by molar-refractivity contribution is 0.0514. The zero-order chi connectivity index (χ0) is 23.5. The van der Waals surface area contributed by atoms with Gasteiger partial charge in [-0.05, 0) is 18.8 Å². The van der Waals surface area contributed by atoms with E-state index in [0.717, 1.165) is 35.3 Å². The van der Waals surface area contributed by atoms with Crippen LogP contribution in [0.15, 0.2) is 43.2 Å². The van der Waals surface area contributed by atoms with Gasteiger partial charge in [0, 0.05) is 63.0 Å². The van der Waals surface area contributed by atoms with Gasteiger partial charge in [-0.3, -0.25) is 18.2 Å². The number of halogens is 1. The van der Waals surface area contributed by atoms with Crippen molar-refractivity contribution in [2.75, 3.05) is 25.5 Å². The summed E-state index contributed by atoms with van der Waals surface area (Å²) >= 11 is 0. The minimum absolute atomic E-state index is 0.187. The van der Waals surface area contributed by atoms with Gasteiger partial charge in [-0.15, -0.1) is 0 Å². The molecule has 0 amide bonds. The van der Waals surface area contributed by atoms with Crippen LogP contribution in [0, 0.1) is 5.92 Å². The summed E-state index contributed by atoms with van der Waals surface area (Å²) < 4.78 is 45.7. The van der Waals surface area contributed by atoms with E-state index in [-0.39, 0.29) is 31.2 Å². The topological polar surface area (TPSA) is 103 Å². The molecule has 1 saturated heterocycles. The summed E-state index contributed by atoms with van der Waals surface area (Å²) in [7, 11) is -1.47. The Morgan fingerprint density at radius 1 is 1.15 bits per heavy atom. The molecule has 0 bridgehead atoms. The number of aryl methyl sites for hydroxylation is 1. The Bertz CT molecular complexity index is 1460. The number of sulfonamides is 1. The van der Waals surface area contributed by atoms with E-state index in [9.17, 15) is 12.8 Å². The summed E-state index contributed by atoms with van der Waals surface area (Å²) in [6, 6.07) is 1.89. The SMILES string of the molecule is Cn1cc(-c2cc3nccn3c(-c3cnn(C4(CCF)CN(S(=O)(=O)CC5CC5)C4)c3)n2)cn1. The van der Waals surface area contributed by atoms with Gasteiger partial charge >= 0.3 is 0 Å². The molecule has 0 unspecified atom stereocenters. The molecule has 0 radical (unpaired) electrons. The second kappa shape index (κ2) is 7.70. The lowest BCUT2D eigenvalue weighted by atomic mass is 9.89. The molecule has 10 nitrogen and oxygen atoms in total. The van der Waals surface area contributed by atoms with Crippen molar-refractivity contribution in [2.45, 2.75) is 24.8 Å². The number of rotatable bonds is 8. The molecule has 178 valence electrons. The maximum absolute atomic E-state index is 13.5. The molecule has 0 N–H and O–H groups in total. The van der Waals surface area contributed by atoms with E-state index in [1.807, 2.05) is 36.1 Å². The van der Waals surface area contributed by atoms with Crippen LogP contribution in [0.25, 0.3) is 28.3 Å². The molecule has 2 fully saturated rings. The van der Waals surface area contributed by atoms with Crippen LogP contribution in [0.5, 0.6) is 0 Å². The van der Waals surface area contributed by atoms with E-state index < -0.39 is 22.2 Å². The highest BCUT2D eigenvalue weighted by Crippen LogP contribution is 2.38. The van der Waals surface area contributed by atoms with Gasteiger partial charge in [-0.25, -0.2) is 18.4 Å². The lowest BCUT2D eigenvalue weighted by Gasteiger charge is -2.48. The maximum atomic E-state index is 13.5. The number of hydrogen-bond donors (Lipinski definition) is 0. The van der Waals surface area contributed by atoms with Crippen molar-refractivity contribution in [3.8, 4) is 22.6 Å². The van der Waals surface area contributed by atoms with E-state index in [4.69, 9.17) is 4.98 Å². The largest absolute Gasteiger partial charge is 0.284 e. The summed E-state index contributed by atoms with van der Waals surface area (Å²) in [5.74, 6) is 1.11. The van der Waals surface area contributed by atoms with Crippen molar-refractivity contribution in [2.24, 2.45) is 13.0 Å². The fourth-order valence-corrected chi connectivity index (χ4v) is 6.63. The second-order valence-electron chi connectivity index (χ2n) is 9.35. The molecule has 4 aromatic heterocycles. The molecule has 0 aromatic carbocycles. The summed E-state index contributed by atoms with van der Waals surface area (Å²) in [6.45, 7) is -0.0837. The molecule has 1 aliphatic heterocycles. The fraction of sp³-hybridized carbons (Fsp3) is 0.455. The highest BCUT2D eigenvalue weighted by atomic mass is 32.2. The Morgan fingerprint density at radius 3 is 2.65 bits per heavy atom. The zero-order valence-corrected chi connectivity index (χ0v) is 19.6. The molecule has 6 rings (SSSR count). The zero-order valence-electron chi connectivity index (χ0n) is 18.7. The third-order valence-corrected chi connectivity index (χ3v) is 8.69. The van der Waals surface area contributed by atoms with Crippen molar-refractivity contribution in [3.05, 3.63) is 43.2 Å². The van der Waals surface area contributed by atoms with E-state index in [1.165, 1.54) is 4.31 Å². The number of alkyl halides is 1. The summed E-state index contributed by atoms with van der Waals surface area (Å²) in [4.78, 5) is 9.26. The van der Waals surface area contributed by atoms with Crippen molar-refractivity contribution < 1.29 is 12.8 Å². The van der Waals surface area contributed by atoms with Crippen LogP contribution >= 0.6 is 0 Å². The smallest absolute Gasteiger partial charge is 0.214 e. The Morgan fingerprint density at radius 2 is 1.94 bits per heavy atom. The standard InChI is InChI=1S/C22H25FN8O2S/c1-28-11-17(9-25-28)19-8-20-24-6-7-30(20)21(27-19)18-10-26-31(12-18)22(4-5-23)14-29(15-22)34(32,33)13-16-2-3-16/h6-12,16H,2-5,13-15H2,1H3. The summed E-state index contributed by atoms with van der Waals surface area (Å²) in [5.41, 5.74) is 2.38. The maximum Gasteiger partial charge on any atom is 0.214 e. The first-order valence-electron chi connectivity index (χ1n) is 11.3. The normalized spacial score (nSPS) is 18.4. The van der Waals surface area contributed by atoms with Gasteiger partial charge in [-0.2, -0.15) is 14.5 Å². The minimum atomic E-state index is -3.32. The molecular weight excluding hydrogens is 459 g/mol. The molecule has 1 saturated carbocycles. The van der Waals surface area contributed by atoms with Crippen LogP contribution in [0.4, 0.5) is 4.39 Å². The lowest BCUT2D eigenvalue weighted by Crippen LogP contribution is -2.64. The molecule has 5 heterocycles. The molecule has 34 heavy (non-hydrogen) atoms. The number of nitrogens with zero attached hydrogens (tertiary/aromatic N) is 8. The Labute approximate surface area is 196 Å². The second-order valence-corrected chi connectivity index (χ2v) is 11.4. The van der Waals surface area contributed by atoms with E-state index in [2.05, 4.69) is 15.2 Å². The van der Waals surface area contributed by atoms with Crippen molar-refractivity contribution in [1.82, 2.24) is 38.2 Å². The van der Waals surface area contributed by atoms with Gasteiger partial charge < -0.3 is 0 Å². The Balaban J connectivity index is 1.34. The van der Waals surface area contributed by atoms with Crippen molar-refractivity contribution in [3.63, 3.8) is 0 Å². The molecule has 2 aliphatic rings. The molecule has 0 atom stereocenters. The average molecular weight is 485 g/mol. The predicted octanol–water partition coefficient (Wildman–Crippen LogP) is 2.10. The number of hydrogen-bond acceptors (Lipinski definition) is 6. The molecule has 4 aromatic rings. The van der Waals surface area contributed by atoms with Crippen LogP contribution in [-0.2, 0) is 22.6 Å². The van der Waals surface area contributed by atoms with E-state index >= 15 is 0 Å². The van der Waals surface area contributed by atoms with Gasteiger partial charge in [0.15, 0.2) is 0 Å². The van der Waals surface area contributed by atoms with Crippen LogP contribution in [0.1, 0.15) is 19.3 Å². The minimum Gasteiger partial charge on any atom is -0.284 e. The Kier molecular flexibility index (Phi) is 4.85. The van der Waals surface area contributed by atoms with Gasteiger partial charge in [0.25, 0.3) is 0 Å². The van der Waals surface area contributed by atoms with Crippen molar-refractivity contribution >= 4 is 15.7 Å². The van der Waals surface area contributed by atoms with Crippen LogP contribution in [0.2, 0.25) is 0 Å². The predicted molar refractivity (Wildman–Crippen MR) is 123 cm³/mol. The monoisotopic (exact) mass is 484 g/mol. The average Bonchev–Trinajstić information content (AvgIpc) is 3.18. The Hall–Kier alpha value is -3.12. The number of imidazole rings is 1. The third-order valence-electron chi connectivity index (χ3n) is 6.75. The van der Waals surface area contributed by atoms with Crippen LogP contribution < -0.4 is 0 Å². The number of aromatic nitrogens is 7. The van der Waals surface area contributed by atoms with Gasteiger partial charge in [-0.1, -0.05) is 0 Å². The van der Waals surface area contributed by atoms with E-state index in [0.29, 0.717) is 5.82 Å². The van der Waals surface area contributed by atoms with Gasteiger partial charge in [0.2, 0.25) is 10.0 Å². The van der Waals surface area contributed by atoms with E-state index in [1.54, 1.807) is 28.0 Å². The first-order chi connectivity index (χ1) is 16.4. The molecule has 1 aliphatic carbocycles. The van der Waals surface area contributed by atoms with Gasteiger partial charge in [0.1, 0.15) is 11.5 Å². The summed E-state index contributed by atoms with van der Waals surface area (Å²) in [6.07, 6.45) is 12.8. The fourth-order valence-electron chi connectivity index (χ4n) is 4.61. The first-order valence-corrected chi connectivity index (χ1v) is 12.9. The molecule has 12 heteroatoms. The van der Waals surface area contributed by atoms with Crippen LogP contribution in [0.3, 0.4) is 0 Å². The van der Waals surface area contributed by atoms with Crippen molar-refractivity contribution in [1.29, 1.82) is 0 Å². The highest BCUT2D eigenvalue weighted by molar-refractivity contribution is 7.89. The molecular formula is C22H25FN8O2S. The third kappa shape index (κ3) is 3.61. The van der Waals surface area contributed by atoms with Gasteiger partial charge in [0.05, 0.1) is 41.6 Å². The highest BCUT2D eigenvalue weighted by Gasteiger charge is 2.50. The van der Waals surface area contributed by atoms with Crippen LogP contribution in [-0.4, -0.2) is 72.2 Å². The summed E-state index contributed by atoms with van der Waals surface area (Å²) in [5, 5.41) is 8.76. The molecule has 0 spiro atoms. The number of fused-ring (bicyclic) bond motifs is 1.